The summed E-state index contributed by atoms with van der Waals surface area (Å²) in [6.45, 7) is 5.44. The van der Waals surface area contributed by atoms with Gasteiger partial charge >= 0.3 is 6.03 Å². The molecule has 6 heteroatoms. The Hall–Kier alpha value is -1.14. The molecule has 3 heterocycles. The predicted octanol–water partition coefficient (Wildman–Crippen LogP) is 0.357. The van der Waals surface area contributed by atoms with Crippen molar-refractivity contribution in [2.45, 2.75) is 25.7 Å². The minimum Gasteiger partial charge on any atom is -0.302 e. The molecule has 0 unspecified atom stereocenters. The van der Waals surface area contributed by atoms with Gasteiger partial charge in [0.15, 0.2) is 0 Å². The largest absolute Gasteiger partial charge is 0.329 e. The molecule has 3 aliphatic rings. The summed E-state index contributed by atoms with van der Waals surface area (Å²) in [6.07, 6.45) is 4.75. The molecule has 0 radical (unpaired) electrons. The third-order valence-electron chi connectivity index (χ3n) is 4.24. The van der Waals surface area contributed by atoms with Crippen LogP contribution < -0.4 is 0 Å². The van der Waals surface area contributed by atoms with Crippen LogP contribution in [0.2, 0.25) is 0 Å². The molecule has 3 amide bonds. The van der Waals surface area contributed by atoms with Gasteiger partial charge in [0.1, 0.15) is 6.54 Å². The van der Waals surface area contributed by atoms with Gasteiger partial charge in [-0.1, -0.05) is 0 Å². The molecule has 0 aliphatic carbocycles. The van der Waals surface area contributed by atoms with Crippen LogP contribution in [0, 0.1) is 0 Å². The van der Waals surface area contributed by atoms with Gasteiger partial charge in [-0.05, 0) is 51.9 Å². The molecule has 3 saturated heterocycles. The Labute approximate surface area is 113 Å². The van der Waals surface area contributed by atoms with Crippen LogP contribution in [-0.2, 0) is 4.79 Å². The van der Waals surface area contributed by atoms with E-state index in [2.05, 4.69) is 9.80 Å². The Morgan fingerprint density at radius 3 is 1.89 bits per heavy atom. The van der Waals surface area contributed by atoms with Gasteiger partial charge in [-0.15, -0.1) is 0 Å². The van der Waals surface area contributed by atoms with Crippen LogP contribution in [0.1, 0.15) is 25.7 Å². The molecule has 6 nitrogen and oxygen atoms in total. The van der Waals surface area contributed by atoms with Gasteiger partial charge in [-0.2, -0.15) is 0 Å². The Bertz CT molecular complexity index is 362. The van der Waals surface area contributed by atoms with Crippen LogP contribution in [0.5, 0.6) is 0 Å². The molecular formula is C13H22N4O2. The molecule has 0 aromatic heterocycles. The second-order valence-corrected chi connectivity index (χ2v) is 5.74. The van der Waals surface area contributed by atoms with E-state index in [1.807, 2.05) is 0 Å². The number of amides is 3. The number of imide groups is 1. The van der Waals surface area contributed by atoms with E-state index in [0.29, 0.717) is 13.3 Å². The quantitative estimate of drug-likeness (QED) is 0.689. The van der Waals surface area contributed by atoms with Crippen molar-refractivity contribution in [1.82, 2.24) is 19.6 Å². The lowest BCUT2D eigenvalue weighted by atomic mass is 10.4. The molecule has 3 fully saturated rings. The van der Waals surface area contributed by atoms with Crippen molar-refractivity contribution in [1.29, 1.82) is 0 Å². The Morgan fingerprint density at radius 1 is 0.789 bits per heavy atom. The average Bonchev–Trinajstić information content (AvgIpc) is 3.10. The van der Waals surface area contributed by atoms with Crippen molar-refractivity contribution in [2.75, 3.05) is 46.1 Å². The molecule has 106 valence electrons. The maximum absolute atomic E-state index is 12.3. The van der Waals surface area contributed by atoms with Crippen LogP contribution >= 0.6 is 0 Å². The molecule has 0 N–H and O–H groups in total. The normalized spacial score (nSPS) is 26.1. The lowest BCUT2D eigenvalue weighted by Gasteiger charge is -2.24. The third kappa shape index (κ3) is 2.74. The third-order valence-corrected chi connectivity index (χ3v) is 4.24. The van der Waals surface area contributed by atoms with Gasteiger partial charge in [0.25, 0.3) is 5.91 Å². The fourth-order valence-electron chi connectivity index (χ4n) is 3.13. The van der Waals surface area contributed by atoms with Gasteiger partial charge in [-0.3, -0.25) is 14.6 Å². The lowest BCUT2D eigenvalue weighted by molar-refractivity contribution is -0.126. The SMILES string of the molecule is O=C1CN(CN2CCCC2)C(=O)N1CN1CCCC1. The zero-order valence-corrected chi connectivity index (χ0v) is 11.4. The van der Waals surface area contributed by atoms with Crippen LogP contribution in [0.15, 0.2) is 0 Å². The zero-order valence-electron chi connectivity index (χ0n) is 11.4. The number of hydrogen-bond acceptors (Lipinski definition) is 4. The highest BCUT2D eigenvalue weighted by Gasteiger charge is 2.37. The Balaban J connectivity index is 1.56. The first-order valence-corrected chi connectivity index (χ1v) is 7.28. The number of rotatable bonds is 4. The molecular weight excluding hydrogens is 244 g/mol. The first kappa shape index (κ1) is 12.9. The molecule has 0 atom stereocenters. The van der Waals surface area contributed by atoms with E-state index in [4.69, 9.17) is 0 Å². The summed E-state index contributed by atoms with van der Waals surface area (Å²) in [5.41, 5.74) is 0. The number of carbonyl (C=O) groups is 2. The molecule has 0 bridgehead atoms. The number of nitrogens with zero attached hydrogens (tertiary/aromatic N) is 4. The van der Waals surface area contributed by atoms with Gasteiger partial charge in [0, 0.05) is 0 Å². The molecule has 0 saturated carbocycles. The highest BCUT2D eigenvalue weighted by molar-refractivity contribution is 6.01. The van der Waals surface area contributed by atoms with Crippen molar-refractivity contribution in [3.05, 3.63) is 0 Å². The van der Waals surface area contributed by atoms with Crippen molar-refractivity contribution in [2.24, 2.45) is 0 Å². The topological polar surface area (TPSA) is 47.1 Å². The van der Waals surface area contributed by atoms with Crippen LogP contribution in [0.4, 0.5) is 4.79 Å². The summed E-state index contributed by atoms with van der Waals surface area (Å²) in [6, 6.07) is -0.108. The predicted molar refractivity (Wildman–Crippen MR) is 70.3 cm³/mol. The van der Waals surface area contributed by atoms with Crippen molar-refractivity contribution < 1.29 is 9.59 Å². The average molecular weight is 266 g/mol. The minimum absolute atomic E-state index is 0.0453. The first-order valence-electron chi connectivity index (χ1n) is 7.28. The highest BCUT2D eigenvalue weighted by atomic mass is 16.2. The van der Waals surface area contributed by atoms with E-state index in [-0.39, 0.29) is 18.5 Å². The number of urea groups is 1. The molecule has 3 rings (SSSR count). The summed E-state index contributed by atoms with van der Waals surface area (Å²) < 4.78 is 0. The van der Waals surface area contributed by atoms with E-state index >= 15 is 0 Å². The summed E-state index contributed by atoms with van der Waals surface area (Å²) in [7, 11) is 0. The standard InChI is InChI=1S/C13H22N4O2/c18-12-9-16(10-14-5-1-2-6-14)13(19)17(12)11-15-7-3-4-8-15/h1-11H2. The van der Waals surface area contributed by atoms with Gasteiger partial charge < -0.3 is 4.90 Å². The van der Waals surface area contributed by atoms with Crippen molar-refractivity contribution in [3.8, 4) is 0 Å². The van der Waals surface area contributed by atoms with E-state index in [1.165, 1.54) is 30.6 Å². The van der Waals surface area contributed by atoms with Crippen molar-refractivity contribution >= 4 is 11.9 Å². The Kier molecular flexibility index (Phi) is 3.70. The summed E-state index contributed by atoms with van der Waals surface area (Å²) in [4.78, 5) is 31.8. The smallest absolute Gasteiger partial charge is 0.302 e. The van der Waals surface area contributed by atoms with E-state index in [1.54, 1.807) is 4.90 Å². The van der Waals surface area contributed by atoms with Crippen LogP contribution in [0.25, 0.3) is 0 Å². The molecule has 0 aromatic rings. The fourth-order valence-corrected chi connectivity index (χ4v) is 3.13. The molecule has 3 aliphatic heterocycles. The van der Waals surface area contributed by atoms with Crippen molar-refractivity contribution in [3.63, 3.8) is 0 Å². The molecule has 0 spiro atoms. The maximum atomic E-state index is 12.3. The molecule has 19 heavy (non-hydrogen) atoms. The number of likely N-dealkylation sites (tertiary alicyclic amines) is 2. The minimum atomic E-state index is -0.108. The van der Waals surface area contributed by atoms with Gasteiger partial charge in [0.2, 0.25) is 0 Å². The molecule has 0 aromatic carbocycles. The van der Waals surface area contributed by atoms with Gasteiger partial charge in [-0.25, -0.2) is 9.69 Å². The number of carbonyl (C=O) groups excluding carboxylic acids is 2. The maximum Gasteiger partial charge on any atom is 0.329 e. The second-order valence-electron chi connectivity index (χ2n) is 5.74. The lowest BCUT2D eigenvalue weighted by Crippen LogP contribution is -2.43. The summed E-state index contributed by atoms with van der Waals surface area (Å²) in [5, 5.41) is 0. The summed E-state index contributed by atoms with van der Waals surface area (Å²) >= 11 is 0. The highest BCUT2D eigenvalue weighted by Crippen LogP contribution is 2.16. The first-order chi connectivity index (χ1) is 9.24. The fraction of sp³-hybridized carbons (Fsp3) is 0.846. The van der Waals surface area contributed by atoms with E-state index < -0.39 is 0 Å². The van der Waals surface area contributed by atoms with Gasteiger partial charge in [0.05, 0.1) is 13.3 Å². The van der Waals surface area contributed by atoms with Crippen LogP contribution in [-0.4, -0.2) is 77.6 Å². The number of hydrogen-bond donors (Lipinski definition) is 0. The monoisotopic (exact) mass is 266 g/mol. The Morgan fingerprint density at radius 2 is 1.32 bits per heavy atom. The van der Waals surface area contributed by atoms with E-state index in [0.717, 1.165) is 26.2 Å². The van der Waals surface area contributed by atoms with Crippen LogP contribution in [0.3, 0.4) is 0 Å². The zero-order chi connectivity index (χ0) is 13.2. The second kappa shape index (κ2) is 5.46. The van der Waals surface area contributed by atoms with E-state index in [9.17, 15) is 9.59 Å². The summed E-state index contributed by atoms with van der Waals surface area (Å²) in [5.74, 6) is -0.0453.